The molecule has 4 N–H and O–H groups in total. The molecule has 0 aliphatic rings. The Morgan fingerprint density at radius 3 is 1.75 bits per heavy atom. The van der Waals surface area contributed by atoms with Crippen LogP contribution in [0.25, 0.3) is 0 Å². The second-order valence-electron chi connectivity index (χ2n) is 7.00. The number of para-hydroxylation sites is 3. The van der Waals surface area contributed by atoms with Crippen LogP contribution in [0.3, 0.4) is 0 Å². The van der Waals surface area contributed by atoms with Gasteiger partial charge in [-0.2, -0.15) is 15.0 Å². The average molecular weight is 425 g/mol. The summed E-state index contributed by atoms with van der Waals surface area (Å²) in [5, 5.41) is 12.2. The predicted molar refractivity (Wildman–Crippen MR) is 128 cm³/mol. The molecule has 4 aromatic rings. The molecule has 0 radical (unpaired) electrons. The highest BCUT2D eigenvalue weighted by Crippen LogP contribution is 2.18. The maximum Gasteiger partial charge on any atom is 0.243 e. The second-order valence-corrected chi connectivity index (χ2v) is 7.00. The topological polar surface area (TPSA) is 104 Å². The highest BCUT2D eigenvalue weighted by atomic mass is 16.1. The normalized spacial score (nSPS) is 10.3. The molecule has 1 aromatic heterocycles. The van der Waals surface area contributed by atoms with E-state index in [9.17, 15) is 4.79 Å². The molecule has 4 rings (SSSR count). The largest absolute Gasteiger partial charge is 0.345 e. The third kappa shape index (κ3) is 5.79. The Morgan fingerprint density at radius 1 is 0.688 bits per heavy atom. The number of nitrogens with zero attached hydrogens (tertiary/aromatic N) is 3. The summed E-state index contributed by atoms with van der Waals surface area (Å²) in [4.78, 5) is 25.7. The van der Waals surface area contributed by atoms with Gasteiger partial charge in [-0.1, -0.05) is 54.6 Å². The van der Waals surface area contributed by atoms with Gasteiger partial charge in [0.2, 0.25) is 23.8 Å². The number of benzene rings is 3. The lowest BCUT2D eigenvalue weighted by molar-refractivity contribution is -0.114. The van der Waals surface area contributed by atoms with Crippen LogP contribution in [0.15, 0.2) is 84.9 Å². The number of carbonyl (C=O) groups excluding carboxylic acids is 1. The van der Waals surface area contributed by atoms with Crippen molar-refractivity contribution < 1.29 is 4.79 Å². The highest BCUT2D eigenvalue weighted by Gasteiger charge is 2.10. The molecule has 3 aromatic carbocycles. The van der Waals surface area contributed by atoms with E-state index in [0.29, 0.717) is 11.9 Å². The van der Waals surface area contributed by atoms with Gasteiger partial charge in [0.1, 0.15) is 0 Å². The summed E-state index contributed by atoms with van der Waals surface area (Å²) in [5.41, 5.74) is 3.44. The third-order valence-electron chi connectivity index (χ3n) is 4.52. The number of hydrogen-bond acceptors (Lipinski definition) is 7. The smallest absolute Gasteiger partial charge is 0.243 e. The molecule has 8 nitrogen and oxygen atoms in total. The zero-order valence-electron chi connectivity index (χ0n) is 17.5. The van der Waals surface area contributed by atoms with E-state index < -0.39 is 0 Å². The molecule has 160 valence electrons. The van der Waals surface area contributed by atoms with E-state index in [0.717, 1.165) is 22.6 Å². The molecule has 0 saturated carbocycles. The summed E-state index contributed by atoms with van der Waals surface area (Å²) in [6, 6.07) is 26.8. The zero-order valence-corrected chi connectivity index (χ0v) is 17.5. The van der Waals surface area contributed by atoms with E-state index in [2.05, 4.69) is 36.2 Å². The van der Waals surface area contributed by atoms with Crippen LogP contribution in [-0.4, -0.2) is 27.4 Å². The van der Waals surface area contributed by atoms with Gasteiger partial charge in [-0.3, -0.25) is 4.79 Å². The monoisotopic (exact) mass is 425 g/mol. The fourth-order valence-corrected chi connectivity index (χ4v) is 2.93. The standard InChI is InChI=1S/C24H23N7O/c1-17-10-8-9-15-20(17)28-21(32)16-25-22-29-23(26-18-11-4-2-5-12-18)31-24(30-22)27-19-13-6-3-7-14-19/h2-15H,16H2,1H3,(H,28,32)(H3,25,26,27,29,30,31). The Bertz CT molecular complexity index is 1120. The molecule has 8 heteroatoms. The Balaban J connectivity index is 1.50. The number of aryl methyl sites for hydroxylation is 1. The first-order chi connectivity index (χ1) is 15.7. The van der Waals surface area contributed by atoms with Crippen molar-refractivity contribution in [3.05, 3.63) is 90.5 Å². The summed E-state index contributed by atoms with van der Waals surface area (Å²) in [6.07, 6.45) is 0. The van der Waals surface area contributed by atoms with Gasteiger partial charge in [-0.15, -0.1) is 0 Å². The predicted octanol–water partition coefficient (Wildman–Crippen LogP) is 4.72. The summed E-state index contributed by atoms with van der Waals surface area (Å²) < 4.78 is 0. The summed E-state index contributed by atoms with van der Waals surface area (Å²) >= 11 is 0. The lowest BCUT2D eigenvalue weighted by Crippen LogP contribution is -2.23. The number of rotatable bonds is 8. The van der Waals surface area contributed by atoms with Gasteiger partial charge in [0.05, 0.1) is 6.54 Å². The van der Waals surface area contributed by atoms with Gasteiger partial charge < -0.3 is 21.3 Å². The molecule has 1 heterocycles. The van der Waals surface area contributed by atoms with E-state index in [4.69, 9.17) is 0 Å². The first-order valence-electron chi connectivity index (χ1n) is 10.2. The number of hydrogen-bond donors (Lipinski definition) is 4. The molecule has 0 unspecified atom stereocenters. The van der Waals surface area contributed by atoms with Crippen LogP contribution < -0.4 is 21.3 Å². The second kappa shape index (κ2) is 10.0. The van der Waals surface area contributed by atoms with E-state index in [1.807, 2.05) is 91.9 Å². The number of aromatic nitrogens is 3. The molecule has 0 spiro atoms. The van der Waals surface area contributed by atoms with Crippen LogP contribution in [-0.2, 0) is 4.79 Å². The van der Waals surface area contributed by atoms with Gasteiger partial charge in [-0.25, -0.2) is 0 Å². The minimum atomic E-state index is -0.199. The van der Waals surface area contributed by atoms with Crippen LogP contribution >= 0.6 is 0 Å². The molecule has 0 bridgehead atoms. The molecular weight excluding hydrogens is 402 g/mol. The SMILES string of the molecule is Cc1ccccc1NC(=O)CNc1nc(Nc2ccccc2)nc(Nc2ccccc2)n1. The molecule has 0 aliphatic carbocycles. The summed E-state index contributed by atoms with van der Waals surface area (Å²) in [7, 11) is 0. The molecule has 0 fully saturated rings. The Hall–Kier alpha value is -4.46. The number of amides is 1. The number of carbonyl (C=O) groups is 1. The first-order valence-corrected chi connectivity index (χ1v) is 10.2. The van der Waals surface area contributed by atoms with Crippen molar-refractivity contribution in [2.45, 2.75) is 6.92 Å². The van der Waals surface area contributed by atoms with Gasteiger partial charge in [0.25, 0.3) is 0 Å². The fraction of sp³-hybridized carbons (Fsp3) is 0.0833. The molecule has 0 saturated heterocycles. The van der Waals surface area contributed by atoms with Crippen molar-refractivity contribution in [3.63, 3.8) is 0 Å². The van der Waals surface area contributed by atoms with Crippen molar-refractivity contribution in [3.8, 4) is 0 Å². The van der Waals surface area contributed by atoms with Crippen molar-refractivity contribution in [2.24, 2.45) is 0 Å². The van der Waals surface area contributed by atoms with Crippen LogP contribution in [0.4, 0.5) is 34.9 Å². The van der Waals surface area contributed by atoms with Crippen LogP contribution in [0.2, 0.25) is 0 Å². The lowest BCUT2D eigenvalue weighted by Gasteiger charge is -2.12. The van der Waals surface area contributed by atoms with Crippen molar-refractivity contribution in [2.75, 3.05) is 27.8 Å². The van der Waals surface area contributed by atoms with E-state index in [1.165, 1.54) is 0 Å². The van der Waals surface area contributed by atoms with E-state index in [-0.39, 0.29) is 18.4 Å². The van der Waals surface area contributed by atoms with E-state index in [1.54, 1.807) is 0 Å². The Labute approximate surface area is 186 Å². The maximum absolute atomic E-state index is 12.4. The van der Waals surface area contributed by atoms with Gasteiger partial charge >= 0.3 is 0 Å². The Kier molecular flexibility index (Phi) is 6.52. The zero-order chi connectivity index (χ0) is 22.2. The Morgan fingerprint density at radius 2 is 1.19 bits per heavy atom. The molecular formula is C24H23N7O. The highest BCUT2D eigenvalue weighted by molar-refractivity contribution is 5.94. The number of anilines is 6. The first kappa shape index (κ1) is 20.8. The fourth-order valence-electron chi connectivity index (χ4n) is 2.93. The molecule has 0 atom stereocenters. The average Bonchev–Trinajstić information content (AvgIpc) is 2.80. The lowest BCUT2D eigenvalue weighted by atomic mass is 10.2. The quantitative estimate of drug-likeness (QED) is 0.324. The molecule has 1 amide bonds. The van der Waals surface area contributed by atoms with Gasteiger partial charge in [0.15, 0.2) is 0 Å². The van der Waals surface area contributed by atoms with Gasteiger partial charge in [-0.05, 0) is 42.8 Å². The van der Waals surface area contributed by atoms with Crippen LogP contribution in [0.1, 0.15) is 5.56 Å². The minimum Gasteiger partial charge on any atom is -0.345 e. The van der Waals surface area contributed by atoms with Crippen molar-refractivity contribution >= 4 is 40.8 Å². The number of nitrogens with one attached hydrogen (secondary N) is 4. The van der Waals surface area contributed by atoms with Crippen molar-refractivity contribution in [1.82, 2.24) is 15.0 Å². The third-order valence-corrected chi connectivity index (χ3v) is 4.52. The van der Waals surface area contributed by atoms with Gasteiger partial charge in [0, 0.05) is 17.1 Å². The maximum atomic E-state index is 12.4. The van der Waals surface area contributed by atoms with Crippen LogP contribution in [0, 0.1) is 6.92 Å². The van der Waals surface area contributed by atoms with E-state index >= 15 is 0 Å². The van der Waals surface area contributed by atoms with Crippen LogP contribution in [0.5, 0.6) is 0 Å². The molecule has 32 heavy (non-hydrogen) atoms. The molecule has 0 aliphatic heterocycles. The summed E-state index contributed by atoms with van der Waals surface area (Å²) in [5.74, 6) is 0.782. The summed E-state index contributed by atoms with van der Waals surface area (Å²) in [6.45, 7) is 1.95. The van der Waals surface area contributed by atoms with Crippen molar-refractivity contribution in [1.29, 1.82) is 0 Å². The minimum absolute atomic E-state index is 0.00784.